The lowest BCUT2D eigenvalue weighted by atomic mass is 10.2. The van der Waals surface area contributed by atoms with E-state index in [9.17, 15) is 0 Å². The SMILES string of the molecule is NCCc1cccnc1OC1CCCC1. The van der Waals surface area contributed by atoms with Crippen LogP contribution < -0.4 is 10.5 Å². The van der Waals surface area contributed by atoms with Crippen LogP contribution in [0.4, 0.5) is 0 Å². The quantitative estimate of drug-likeness (QED) is 0.818. The van der Waals surface area contributed by atoms with Crippen LogP contribution in [0.1, 0.15) is 31.2 Å². The summed E-state index contributed by atoms with van der Waals surface area (Å²) >= 11 is 0. The molecule has 0 saturated heterocycles. The van der Waals surface area contributed by atoms with E-state index >= 15 is 0 Å². The zero-order valence-electron chi connectivity index (χ0n) is 8.98. The van der Waals surface area contributed by atoms with Crippen molar-refractivity contribution in [2.45, 2.75) is 38.2 Å². The van der Waals surface area contributed by atoms with Gasteiger partial charge < -0.3 is 10.5 Å². The predicted molar refractivity (Wildman–Crippen MR) is 59.9 cm³/mol. The number of nitrogens with two attached hydrogens (primary N) is 1. The van der Waals surface area contributed by atoms with Gasteiger partial charge in [0, 0.05) is 11.8 Å². The van der Waals surface area contributed by atoms with Crippen molar-refractivity contribution in [1.82, 2.24) is 4.98 Å². The van der Waals surface area contributed by atoms with Crippen LogP contribution in [0.25, 0.3) is 0 Å². The molecule has 1 aromatic heterocycles. The molecule has 0 aliphatic heterocycles. The lowest BCUT2D eigenvalue weighted by molar-refractivity contribution is 0.199. The van der Waals surface area contributed by atoms with E-state index < -0.39 is 0 Å². The summed E-state index contributed by atoms with van der Waals surface area (Å²) in [6.45, 7) is 0.646. The van der Waals surface area contributed by atoms with Crippen molar-refractivity contribution in [2.75, 3.05) is 6.54 Å². The molecular weight excluding hydrogens is 188 g/mol. The molecule has 0 bridgehead atoms. The van der Waals surface area contributed by atoms with Gasteiger partial charge in [-0.3, -0.25) is 0 Å². The molecule has 82 valence electrons. The van der Waals surface area contributed by atoms with Gasteiger partial charge in [0.05, 0.1) is 0 Å². The van der Waals surface area contributed by atoms with Gasteiger partial charge in [-0.25, -0.2) is 4.98 Å². The minimum Gasteiger partial charge on any atom is -0.474 e. The highest BCUT2D eigenvalue weighted by atomic mass is 16.5. The molecule has 3 heteroatoms. The second-order valence-corrected chi connectivity index (χ2v) is 4.03. The third-order valence-electron chi connectivity index (χ3n) is 2.84. The van der Waals surface area contributed by atoms with E-state index in [1.807, 2.05) is 12.1 Å². The van der Waals surface area contributed by atoms with Crippen molar-refractivity contribution < 1.29 is 4.74 Å². The van der Waals surface area contributed by atoms with E-state index in [2.05, 4.69) is 4.98 Å². The Bertz CT molecular complexity index is 308. The molecule has 2 N–H and O–H groups in total. The van der Waals surface area contributed by atoms with Crippen molar-refractivity contribution in [3.05, 3.63) is 23.9 Å². The fourth-order valence-corrected chi connectivity index (χ4v) is 2.04. The molecule has 0 radical (unpaired) electrons. The highest BCUT2D eigenvalue weighted by Crippen LogP contribution is 2.24. The first kappa shape index (κ1) is 10.4. The molecule has 1 aromatic rings. The van der Waals surface area contributed by atoms with Crippen LogP contribution in [0, 0.1) is 0 Å². The van der Waals surface area contributed by atoms with Crippen molar-refractivity contribution >= 4 is 0 Å². The summed E-state index contributed by atoms with van der Waals surface area (Å²) in [7, 11) is 0. The Kier molecular flexibility index (Phi) is 3.56. The lowest BCUT2D eigenvalue weighted by Gasteiger charge is -2.14. The van der Waals surface area contributed by atoms with Crippen LogP contribution in [-0.4, -0.2) is 17.6 Å². The zero-order chi connectivity index (χ0) is 10.5. The third-order valence-corrected chi connectivity index (χ3v) is 2.84. The van der Waals surface area contributed by atoms with Gasteiger partial charge in [0.1, 0.15) is 6.10 Å². The predicted octanol–water partition coefficient (Wildman–Crippen LogP) is 1.90. The average molecular weight is 206 g/mol. The first-order chi connectivity index (χ1) is 7.40. The number of hydrogen-bond acceptors (Lipinski definition) is 3. The number of rotatable bonds is 4. The summed E-state index contributed by atoms with van der Waals surface area (Å²) in [5, 5.41) is 0. The minimum absolute atomic E-state index is 0.372. The van der Waals surface area contributed by atoms with Crippen LogP contribution >= 0.6 is 0 Å². The number of hydrogen-bond donors (Lipinski definition) is 1. The Hall–Kier alpha value is -1.09. The van der Waals surface area contributed by atoms with E-state index in [0.29, 0.717) is 12.6 Å². The Morgan fingerprint density at radius 3 is 2.93 bits per heavy atom. The van der Waals surface area contributed by atoms with Gasteiger partial charge in [-0.1, -0.05) is 6.07 Å². The third kappa shape index (κ3) is 2.69. The lowest BCUT2D eigenvalue weighted by Crippen LogP contribution is -2.14. The highest BCUT2D eigenvalue weighted by Gasteiger charge is 2.18. The van der Waals surface area contributed by atoms with Gasteiger partial charge in [0.25, 0.3) is 0 Å². The summed E-state index contributed by atoms with van der Waals surface area (Å²) in [5.74, 6) is 0.787. The maximum atomic E-state index is 5.89. The monoisotopic (exact) mass is 206 g/mol. The second kappa shape index (κ2) is 5.12. The summed E-state index contributed by atoms with van der Waals surface area (Å²) in [6, 6.07) is 3.98. The van der Waals surface area contributed by atoms with Gasteiger partial charge in [-0.15, -0.1) is 0 Å². The van der Waals surface area contributed by atoms with Crippen molar-refractivity contribution in [3.8, 4) is 5.88 Å². The number of ether oxygens (including phenoxy) is 1. The van der Waals surface area contributed by atoms with Gasteiger partial charge in [-0.05, 0) is 44.7 Å². The summed E-state index contributed by atoms with van der Waals surface area (Å²) < 4.78 is 5.89. The van der Waals surface area contributed by atoms with E-state index in [4.69, 9.17) is 10.5 Å². The van der Waals surface area contributed by atoms with Crippen molar-refractivity contribution in [1.29, 1.82) is 0 Å². The number of pyridine rings is 1. The molecule has 1 heterocycles. The smallest absolute Gasteiger partial charge is 0.216 e. The van der Waals surface area contributed by atoms with Gasteiger partial charge in [0.15, 0.2) is 0 Å². The first-order valence-corrected chi connectivity index (χ1v) is 5.71. The van der Waals surface area contributed by atoms with E-state index in [1.165, 1.54) is 25.7 Å². The van der Waals surface area contributed by atoms with E-state index in [0.717, 1.165) is 17.9 Å². The van der Waals surface area contributed by atoms with Crippen LogP contribution in [0.15, 0.2) is 18.3 Å². The molecule has 1 saturated carbocycles. The fraction of sp³-hybridized carbons (Fsp3) is 0.583. The van der Waals surface area contributed by atoms with Gasteiger partial charge in [-0.2, -0.15) is 0 Å². The highest BCUT2D eigenvalue weighted by molar-refractivity contribution is 5.26. The Morgan fingerprint density at radius 1 is 1.40 bits per heavy atom. The Labute approximate surface area is 90.7 Å². The maximum Gasteiger partial charge on any atom is 0.216 e. The van der Waals surface area contributed by atoms with Gasteiger partial charge in [0.2, 0.25) is 5.88 Å². The molecule has 1 fully saturated rings. The summed E-state index contributed by atoms with van der Waals surface area (Å²) in [6.07, 6.45) is 7.89. The molecule has 0 aromatic carbocycles. The van der Waals surface area contributed by atoms with Crippen molar-refractivity contribution in [3.63, 3.8) is 0 Å². The van der Waals surface area contributed by atoms with Gasteiger partial charge >= 0.3 is 0 Å². The molecule has 0 amide bonds. The largest absolute Gasteiger partial charge is 0.474 e. The van der Waals surface area contributed by atoms with Crippen LogP contribution in [0.5, 0.6) is 5.88 Å². The number of nitrogens with zero attached hydrogens (tertiary/aromatic N) is 1. The molecule has 3 nitrogen and oxygen atoms in total. The summed E-state index contributed by atoms with van der Waals surface area (Å²) in [5.41, 5.74) is 6.69. The fourth-order valence-electron chi connectivity index (χ4n) is 2.04. The van der Waals surface area contributed by atoms with E-state index in [-0.39, 0.29) is 0 Å². The topological polar surface area (TPSA) is 48.1 Å². The standard InChI is InChI=1S/C12H18N2O/c13-8-7-10-4-3-9-14-12(10)15-11-5-1-2-6-11/h3-4,9,11H,1-2,5-8,13H2. The molecule has 0 atom stereocenters. The van der Waals surface area contributed by atoms with Crippen LogP contribution in [0.2, 0.25) is 0 Å². The van der Waals surface area contributed by atoms with E-state index in [1.54, 1.807) is 6.20 Å². The number of aromatic nitrogens is 1. The molecule has 1 aliphatic carbocycles. The molecule has 2 rings (SSSR count). The first-order valence-electron chi connectivity index (χ1n) is 5.71. The van der Waals surface area contributed by atoms with Crippen LogP contribution in [0.3, 0.4) is 0 Å². The normalized spacial score (nSPS) is 16.9. The molecule has 0 spiro atoms. The Morgan fingerprint density at radius 2 is 2.20 bits per heavy atom. The maximum absolute atomic E-state index is 5.89. The molecular formula is C12H18N2O. The average Bonchev–Trinajstić information content (AvgIpc) is 2.74. The minimum atomic E-state index is 0.372. The van der Waals surface area contributed by atoms with Crippen LogP contribution in [-0.2, 0) is 6.42 Å². The Balaban J connectivity index is 2.05. The summed E-state index contributed by atoms with van der Waals surface area (Å²) in [4.78, 5) is 4.28. The molecule has 15 heavy (non-hydrogen) atoms. The molecule has 1 aliphatic rings. The zero-order valence-corrected chi connectivity index (χ0v) is 8.98. The van der Waals surface area contributed by atoms with Crippen molar-refractivity contribution in [2.24, 2.45) is 5.73 Å². The molecule has 0 unspecified atom stereocenters. The second-order valence-electron chi connectivity index (χ2n) is 4.03.